The highest BCUT2D eigenvalue weighted by atomic mass is 35.5. The van der Waals surface area contributed by atoms with Crippen LogP contribution in [0.4, 0.5) is 0 Å². The summed E-state index contributed by atoms with van der Waals surface area (Å²) in [6.07, 6.45) is 1.86. The van der Waals surface area contributed by atoms with Gasteiger partial charge >= 0.3 is 0 Å². The van der Waals surface area contributed by atoms with Crippen LogP contribution < -0.4 is 0 Å². The molecule has 84 valence electrons. The van der Waals surface area contributed by atoms with Crippen LogP contribution in [-0.4, -0.2) is 4.98 Å². The summed E-state index contributed by atoms with van der Waals surface area (Å²) in [6.45, 7) is 2.12. The topological polar surface area (TPSA) is 12.9 Å². The highest BCUT2D eigenvalue weighted by molar-refractivity contribution is 7.97. The van der Waals surface area contributed by atoms with Crippen molar-refractivity contribution >= 4 is 34.7 Å². The molecule has 1 aromatic carbocycles. The third-order valence-electron chi connectivity index (χ3n) is 2.12. The molecule has 4 heteroatoms. The zero-order valence-corrected chi connectivity index (χ0v) is 11.3. The molecule has 1 aromatic heterocycles. The Hall–Kier alpha value is -0.510. The molecular weight excluding hydrogens is 258 g/mol. The van der Waals surface area contributed by atoms with Crippen molar-refractivity contribution < 1.29 is 0 Å². The second-order valence-electron chi connectivity index (χ2n) is 3.56. The van der Waals surface area contributed by atoms with Crippen molar-refractivity contribution in [3.63, 3.8) is 0 Å². The molecule has 0 radical (unpaired) electrons. The Labute approximate surface area is 109 Å². The standard InChI is InChI=1S/C12H12ClNS2/c1-9-3-2-4-10(5-9)7-15-8-11-6-14-12(13)16-11/h2-6H,7-8H2,1H3. The Bertz CT molecular complexity index is 468. The quantitative estimate of drug-likeness (QED) is 0.808. The fraction of sp³-hybridized carbons (Fsp3) is 0.250. The number of aromatic nitrogens is 1. The fourth-order valence-corrected chi connectivity index (χ4v) is 3.47. The molecular formula is C12H12ClNS2. The van der Waals surface area contributed by atoms with Gasteiger partial charge in [0.25, 0.3) is 0 Å². The minimum atomic E-state index is 0.631. The third kappa shape index (κ3) is 3.51. The van der Waals surface area contributed by atoms with Crippen LogP contribution in [0.1, 0.15) is 16.0 Å². The number of hydrogen-bond acceptors (Lipinski definition) is 3. The first-order valence-corrected chi connectivity index (χ1v) is 7.32. The van der Waals surface area contributed by atoms with Gasteiger partial charge in [-0.1, -0.05) is 41.4 Å². The third-order valence-corrected chi connectivity index (χ3v) is 4.47. The van der Waals surface area contributed by atoms with Gasteiger partial charge in [0.05, 0.1) is 0 Å². The lowest BCUT2D eigenvalue weighted by Crippen LogP contribution is -1.82. The molecule has 0 aliphatic rings. The van der Waals surface area contributed by atoms with E-state index in [0.29, 0.717) is 4.47 Å². The first-order chi connectivity index (χ1) is 7.74. The molecule has 0 saturated heterocycles. The first kappa shape index (κ1) is 12.0. The molecule has 0 atom stereocenters. The maximum Gasteiger partial charge on any atom is 0.183 e. The van der Waals surface area contributed by atoms with E-state index in [1.165, 1.54) is 16.0 Å². The number of thioether (sulfide) groups is 1. The summed E-state index contributed by atoms with van der Waals surface area (Å²) in [7, 11) is 0. The number of halogens is 1. The van der Waals surface area contributed by atoms with E-state index < -0.39 is 0 Å². The largest absolute Gasteiger partial charge is 0.233 e. The molecule has 1 nitrogen and oxygen atoms in total. The zero-order valence-electron chi connectivity index (χ0n) is 8.94. The number of thiazole rings is 1. The van der Waals surface area contributed by atoms with Crippen molar-refractivity contribution in [1.29, 1.82) is 0 Å². The van der Waals surface area contributed by atoms with Crippen molar-refractivity contribution in [2.45, 2.75) is 18.4 Å². The van der Waals surface area contributed by atoms with Crippen LogP contribution in [0.15, 0.2) is 30.5 Å². The molecule has 2 aromatic rings. The molecule has 0 amide bonds. The molecule has 0 fully saturated rings. The smallest absolute Gasteiger partial charge is 0.183 e. The Kier molecular flexibility index (Phi) is 4.27. The number of nitrogens with zero attached hydrogens (tertiary/aromatic N) is 1. The zero-order chi connectivity index (χ0) is 11.4. The van der Waals surface area contributed by atoms with E-state index in [2.05, 4.69) is 36.2 Å². The van der Waals surface area contributed by atoms with Gasteiger partial charge in [0, 0.05) is 22.6 Å². The second kappa shape index (κ2) is 5.71. The maximum absolute atomic E-state index is 5.78. The molecule has 0 aliphatic heterocycles. The van der Waals surface area contributed by atoms with Crippen molar-refractivity contribution in [1.82, 2.24) is 4.98 Å². The number of aryl methyl sites for hydroxylation is 1. The van der Waals surface area contributed by atoms with Gasteiger partial charge in [0.2, 0.25) is 0 Å². The van der Waals surface area contributed by atoms with Gasteiger partial charge in [-0.05, 0) is 12.5 Å². The van der Waals surface area contributed by atoms with Crippen LogP contribution in [-0.2, 0) is 11.5 Å². The monoisotopic (exact) mass is 269 g/mol. The van der Waals surface area contributed by atoms with Crippen molar-refractivity contribution in [3.05, 3.63) is 50.9 Å². The number of hydrogen-bond donors (Lipinski definition) is 0. The molecule has 0 saturated carbocycles. The lowest BCUT2D eigenvalue weighted by atomic mass is 10.2. The average Bonchev–Trinajstić information content (AvgIpc) is 2.64. The van der Waals surface area contributed by atoms with E-state index in [0.717, 1.165) is 11.5 Å². The molecule has 0 bridgehead atoms. The van der Waals surface area contributed by atoms with E-state index in [4.69, 9.17) is 11.6 Å². The lowest BCUT2D eigenvalue weighted by Gasteiger charge is -2.01. The summed E-state index contributed by atoms with van der Waals surface area (Å²) < 4.78 is 0.631. The predicted octanol–water partition coefficient (Wildman–Crippen LogP) is 4.54. The first-order valence-electron chi connectivity index (χ1n) is 4.97. The fourth-order valence-electron chi connectivity index (χ4n) is 1.42. The normalized spacial score (nSPS) is 10.6. The lowest BCUT2D eigenvalue weighted by molar-refractivity contribution is 1.33. The number of rotatable bonds is 4. The van der Waals surface area contributed by atoms with Crippen molar-refractivity contribution in [2.24, 2.45) is 0 Å². The summed E-state index contributed by atoms with van der Waals surface area (Å²) in [4.78, 5) is 5.27. The van der Waals surface area contributed by atoms with Crippen molar-refractivity contribution in [2.75, 3.05) is 0 Å². The highest BCUT2D eigenvalue weighted by Gasteiger charge is 2.00. The molecule has 0 N–H and O–H groups in total. The Morgan fingerprint density at radius 3 is 2.94 bits per heavy atom. The van der Waals surface area contributed by atoms with Crippen molar-refractivity contribution in [3.8, 4) is 0 Å². The van der Waals surface area contributed by atoms with Crippen LogP contribution in [0.3, 0.4) is 0 Å². The molecule has 0 aliphatic carbocycles. The van der Waals surface area contributed by atoms with E-state index in [9.17, 15) is 0 Å². The molecule has 2 rings (SSSR count). The van der Waals surface area contributed by atoms with Gasteiger partial charge in [-0.15, -0.1) is 11.3 Å². The Balaban J connectivity index is 1.84. The van der Waals surface area contributed by atoms with E-state index in [-0.39, 0.29) is 0 Å². The van der Waals surface area contributed by atoms with Crippen LogP contribution >= 0.6 is 34.7 Å². The van der Waals surface area contributed by atoms with Crippen LogP contribution in [0.2, 0.25) is 4.47 Å². The van der Waals surface area contributed by atoms with Crippen LogP contribution in [0.25, 0.3) is 0 Å². The summed E-state index contributed by atoms with van der Waals surface area (Å²) >= 11 is 9.23. The van der Waals surface area contributed by atoms with Crippen LogP contribution in [0.5, 0.6) is 0 Å². The van der Waals surface area contributed by atoms with Gasteiger partial charge in [0.15, 0.2) is 4.47 Å². The second-order valence-corrected chi connectivity index (χ2v) is 6.24. The number of benzene rings is 1. The van der Waals surface area contributed by atoms with Gasteiger partial charge in [-0.2, -0.15) is 11.8 Å². The highest BCUT2D eigenvalue weighted by Crippen LogP contribution is 2.24. The van der Waals surface area contributed by atoms with Gasteiger partial charge < -0.3 is 0 Å². The predicted molar refractivity (Wildman–Crippen MR) is 73.3 cm³/mol. The molecule has 0 spiro atoms. The molecule has 1 heterocycles. The Morgan fingerprint density at radius 2 is 2.25 bits per heavy atom. The molecule has 0 unspecified atom stereocenters. The minimum Gasteiger partial charge on any atom is -0.233 e. The summed E-state index contributed by atoms with van der Waals surface area (Å²) in [5.74, 6) is 2.02. The average molecular weight is 270 g/mol. The molecule has 16 heavy (non-hydrogen) atoms. The van der Waals surface area contributed by atoms with Gasteiger partial charge in [-0.3, -0.25) is 0 Å². The van der Waals surface area contributed by atoms with E-state index in [1.807, 2.05) is 18.0 Å². The van der Waals surface area contributed by atoms with Gasteiger partial charge in [-0.25, -0.2) is 4.98 Å². The summed E-state index contributed by atoms with van der Waals surface area (Å²) in [6, 6.07) is 8.62. The Morgan fingerprint density at radius 1 is 1.38 bits per heavy atom. The minimum absolute atomic E-state index is 0.631. The van der Waals surface area contributed by atoms with E-state index in [1.54, 1.807) is 11.3 Å². The maximum atomic E-state index is 5.78. The van der Waals surface area contributed by atoms with Crippen LogP contribution in [0, 0.1) is 6.92 Å². The SMILES string of the molecule is Cc1cccc(CSCc2cnc(Cl)s2)c1. The van der Waals surface area contributed by atoms with E-state index >= 15 is 0 Å². The summed E-state index contributed by atoms with van der Waals surface area (Å²) in [5.41, 5.74) is 2.69. The van der Waals surface area contributed by atoms with Gasteiger partial charge in [0.1, 0.15) is 0 Å². The summed E-state index contributed by atoms with van der Waals surface area (Å²) in [5, 5.41) is 0.